The number of thioether (sulfide) groups is 1. The summed E-state index contributed by atoms with van der Waals surface area (Å²) in [5.41, 5.74) is 0. The molecule has 0 radical (unpaired) electrons. The summed E-state index contributed by atoms with van der Waals surface area (Å²) in [5, 5.41) is 11.2. The summed E-state index contributed by atoms with van der Waals surface area (Å²) in [6, 6.07) is 6.88. The fourth-order valence-electron chi connectivity index (χ4n) is 1.08. The van der Waals surface area contributed by atoms with E-state index in [0.717, 1.165) is 4.90 Å². The third-order valence-electron chi connectivity index (χ3n) is 2.01. The monoisotopic (exact) mass is 245 g/mol. The third-order valence-corrected chi connectivity index (χ3v) is 3.38. The average Bonchev–Trinajstić information content (AvgIpc) is 2.18. The van der Waals surface area contributed by atoms with Gasteiger partial charge in [-0.1, -0.05) is 24.6 Å². The molecule has 1 rings (SSSR count). The number of nitrogens with zero attached hydrogens (tertiary/aromatic N) is 1. The van der Waals surface area contributed by atoms with Crippen molar-refractivity contribution in [3.05, 3.63) is 39.4 Å². The van der Waals surface area contributed by atoms with Gasteiger partial charge in [0.15, 0.2) is 0 Å². The summed E-state index contributed by atoms with van der Waals surface area (Å²) in [4.78, 5) is 11.3. The largest absolute Gasteiger partial charge is 0.264 e. The third kappa shape index (κ3) is 4.10. The van der Waals surface area contributed by atoms with Gasteiger partial charge in [-0.05, 0) is 18.2 Å². The lowest BCUT2D eigenvalue weighted by atomic mass is 10.3. The predicted octanol–water partition coefficient (Wildman–Crippen LogP) is 3.49. The smallest absolute Gasteiger partial charge is 0.222 e. The second-order valence-electron chi connectivity index (χ2n) is 3.12. The van der Waals surface area contributed by atoms with E-state index in [1.807, 2.05) is 25.1 Å². The SMILES string of the molecule is CCC(CSc1cccc(Cl)c1)[N+](=O)[O-]. The Morgan fingerprint density at radius 2 is 2.33 bits per heavy atom. The first kappa shape index (κ1) is 12.3. The van der Waals surface area contributed by atoms with Crippen LogP contribution in [0, 0.1) is 10.1 Å². The van der Waals surface area contributed by atoms with E-state index in [2.05, 4.69) is 0 Å². The highest BCUT2D eigenvalue weighted by atomic mass is 35.5. The van der Waals surface area contributed by atoms with Gasteiger partial charge in [-0.25, -0.2) is 0 Å². The Kier molecular flexibility index (Phi) is 4.91. The van der Waals surface area contributed by atoms with Crippen molar-refractivity contribution < 1.29 is 4.92 Å². The number of rotatable bonds is 5. The second kappa shape index (κ2) is 5.98. The molecule has 0 amide bonds. The molecule has 15 heavy (non-hydrogen) atoms. The van der Waals surface area contributed by atoms with Crippen molar-refractivity contribution in [1.29, 1.82) is 0 Å². The number of halogens is 1. The maximum atomic E-state index is 10.6. The lowest BCUT2D eigenvalue weighted by Crippen LogP contribution is -2.20. The van der Waals surface area contributed by atoms with Crippen molar-refractivity contribution in [2.75, 3.05) is 5.75 Å². The molecule has 0 bridgehead atoms. The molecule has 3 nitrogen and oxygen atoms in total. The van der Waals surface area contributed by atoms with Crippen LogP contribution in [0.5, 0.6) is 0 Å². The minimum absolute atomic E-state index is 0.225. The standard InChI is InChI=1S/C10H12ClNO2S/c1-2-9(12(13)14)7-15-10-5-3-4-8(11)6-10/h3-6,9H,2,7H2,1H3. The summed E-state index contributed by atoms with van der Waals surface area (Å²) in [6.07, 6.45) is 0.556. The van der Waals surface area contributed by atoms with Crippen LogP contribution < -0.4 is 0 Å². The Bertz CT molecular complexity index is 346. The summed E-state index contributed by atoms with van der Waals surface area (Å²) in [7, 11) is 0. The molecule has 1 atom stereocenters. The van der Waals surface area contributed by atoms with Gasteiger partial charge in [0, 0.05) is 21.3 Å². The Balaban J connectivity index is 2.52. The second-order valence-corrected chi connectivity index (χ2v) is 4.65. The Labute approximate surface area is 98.0 Å². The first-order chi connectivity index (χ1) is 7.13. The Hall–Kier alpha value is -0.740. The van der Waals surface area contributed by atoms with Crippen molar-refractivity contribution in [3.8, 4) is 0 Å². The minimum atomic E-state index is -0.478. The summed E-state index contributed by atoms with van der Waals surface area (Å²) >= 11 is 7.28. The van der Waals surface area contributed by atoms with E-state index in [4.69, 9.17) is 11.6 Å². The van der Waals surface area contributed by atoms with Gasteiger partial charge < -0.3 is 0 Å². The zero-order valence-electron chi connectivity index (χ0n) is 8.35. The number of hydrogen-bond donors (Lipinski definition) is 0. The minimum Gasteiger partial charge on any atom is -0.264 e. The topological polar surface area (TPSA) is 43.1 Å². The number of nitro groups is 1. The van der Waals surface area contributed by atoms with E-state index in [0.29, 0.717) is 17.2 Å². The molecular weight excluding hydrogens is 234 g/mol. The van der Waals surface area contributed by atoms with E-state index in [1.165, 1.54) is 11.8 Å². The van der Waals surface area contributed by atoms with E-state index < -0.39 is 6.04 Å². The fourth-order valence-corrected chi connectivity index (χ4v) is 2.46. The highest BCUT2D eigenvalue weighted by molar-refractivity contribution is 7.99. The first-order valence-corrected chi connectivity index (χ1v) is 6.01. The predicted molar refractivity (Wildman–Crippen MR) is 63.2 cm³/mol. The average molecular weight is 246 g/mol. The van der Waals surface area contributed by atoms with Crippen LogP contribution >= 0.6 is 23.4 Å². The summed E-state index contributed by atoms with van der Waals surface area (Å²) < 4.78 is 0. The highest BCUT2D eigenvalue weighted by Gasteiger charge is 2.17. The number of hydrogen-bond acceptors (Lipinski definition) is 3. The zero-order chi connectivity index (χ0) is 11.3. The van der Waals surface area contributed by atoms with Crippen LogP contribution in [0.4, 0.5) is 0 Å². The molecule has 0 aliphatic heterocycles. The van der Waals surface area contributed by atoms with Crippen molar-refractivity contribution in [1.82, 2.24) is 0 Å². The maximum absolute atomic E-state index is 10.6. The van der Waals surface area contributed by atoms with Gasteiger partial charge in [-0.2, -0.15) is 0 Å². The molecule has 0 aliphatic carbocycles. The van der Waals surface area contributed by atoms with Crippen LogP contribution in [0.25, 0.3) is 0 Å². The maximum Gasteiger partial charge on any atom is 0.222 e. The van der Waals surface area contributed by atoms with Crippen molar-refractivity contribution >= 4 is 23.4 Å². The Morgan fingerprint density at radius 3 is 2.87 bits per heavy atom. The van der Waals surface area contributed by atoms with E-state index >= 15 is 0 Å². The van der Waals surface area contributed by atoms with Gasteiger partial charge in [0.2, 0.25) is 6.04 Å². The molecule has 0 aromatic heterocycles. The fraction of sp³-hybridized carbons (Fsp3) is 0.400. The van der Waals surface area contributed by atoms with E-state index in [1.54, 1.807) is 6.07 Å². The van der Waals surface area contributed by atoms with Crippen LogP contribution in [0.1, 0.15) is 13.3 Å². The van der Waals surface area contributed by atoms with Crippen LogP contribution in [0.3, 0.4) is 0 Å². The summed E-state index contributed by atoms with van der Waals surface area (Å²) in [5.74, 6) is 0.490. The van der Waals surface area contributed by atoms with Crippen molar-refractivity contribution in [2.24, 2.45) is 0 Å². The lowest BCUT2D eigenvalue weighted by molar-refractivity contribution is -0.516. The van der Waals surface area contributed by atoms with Gasteiger partial charge >= 0.3 is 0 Å². The lowest BCUT2D eigenvalue weighted by Gasteiger charge is -2.06. The van der Waals surface area contributed by atoms with Crippen molar-refractivity contribution in [2.45, 2.75) is 24.3 Å². The molecule has 82 valence electrons. The molecule has 0 saturated heterocycles. The first-order valence-electron chi connectivity index (χ1n) is 4.65. The van der Waals surface area contributed by atoms with Gasteiger partial charge in [-0.15, -0.1) is 11.8 Å². The molecule has 0 N–H and O–H groups in total. The molecule has 0 spiro atoms. The summed E-state index contributed by atoms with van der Waals surface area (Å²) in [6.45, 7) is 1.83. The molecule has 0 heterocycles. The van der Waals surface area contributed by atoms with Crippen LogP contribution in [0.2, 0.25) is 5.02 Å². The van der Waals surface area contributed by atoms with Gasteiger partial charge in [0.05, 0.1) is 5.75 Å². The molecule has 1 aromatic rings. The van der Waals surface area contributed by atoms with Crippen LogP contribution in [0.15, 0.2) is 29.2 Å². The molecular formula is C10H12ClNO2S. The van der Waals surface area contributed by atoms with Gasteiger partial charge in [-0.3, -0.25) is 10.1 Å². The molecule has 1 unspecified atom stereocenters. The molecule has 0 saturated carbocycles. The van der Waals surface area contributed by atoms with Crippen molar-refractivity contribution in [3.63, 3.8) is 0 Å². The zero-order valence-corrected chi connectivity index (χ0v) is 9.92. The Morgan fingerprint density at radius 1 is 1.60 bits per heavy atom. The van der Waals surface area contributed by atoms with Crippen LogP contribution in [-0.4, -0.2) is 16.7 Å². The van der Waals surface area contributed by atoms with Gasteiger partial charge in [0.25, 0.3) is 0 Å². The molecule has 0 aliphatic rings. The van der Waals surface area contributed by atoms with E-state index in [-0.39, 0.29) is 4.92 Å². The highest BCUT2D eigenvalue weighted by Crippen LogP contribution is 2.23. The normalized spacial score (nSPS) is 12.4. The van der Waals surface area contributed by atoms with Gasteiger partial charge in [0.1, 0.15) is 0 Å². The molecule has 5 heteroatoms. The molecule has 1 aromatic carbocycles. The quantitative estimate of drug-likeness (QED) is 0.453. The number of benzene rings is 1. The van der Waals surface area contributed by atoms with E-state index in [9.17, 15) is 10.1 Å². The van der Waals surface area contributed by atoms with Crippen LogP contribution in [-0.2, 0) is 0 Å². The molecule has 0 fully saturated rings.